The number of aromatic nitrogens is 2. The second-order valence-corrected chi connectivity index (χ2v) is 4.13. The van der Waals surface area contributed by atoms with E-state index < -0.39 is 0 Å². The van der Waals surface area contributed by atoms with Gasteiger partial charge in [0, 0.05) is 37.6 Å². The minimum absolute atomic E-state index is 0.883. The third-order valence-corrected chi connectivity index (χ3v) is 2.63. The fraction of sp³-hybridized carbons (Fsp3) is 0.286. The Bertz CT molecular complexity index is 428. The van der Waals surface area contributed by atoms with Crippen molar-refractivity contribution < 1.29 is 0 Å². The topological polar surface area (TPSA) is 29.0 Å². The molecule has 0 bridgehead atoms. The molecule has 0 aromatic carbocycles. The van der Waals surface area contributed by atoms with Gasteiger partial charge in [0.25, 0.3) is 0 Å². The molecule has 3 heteroatoms. The summed E-state index contributed by atoms with van der Waals surface area (Å²) in [7, 11) is 2.11. The van der Waals surface area contributed by atoms with Crippen molar-refractivity contribution in [2.45, 2.75) is 13.0 Å². The molecule has 17 heavy (non-hydrogen) atoms. The maximum Gasteiger partial charge on any atom is 0.0543 e. The van der Waals surface area contributed by atoms with Crippen LogP contribution in [0.1, 0.15) is 11.4 Å². The molecule has 0 amide bonds. The molecule has 0 aliphatic carbocycles. The second kappa shape index (κ2) is 6.11. The zero-order valence-electron chi connectivity index (χ0n) is 10.1. The average Bonchev–Trinajstić information content (AvgIpc) is 2.39. The monoisotopic (exact) mass is 227 g/mol. The van der Waals surface area contributed by atoms with E-state index in [1.54, 1.807) is 0 Å². The standard InChI is InChI=1S/C14H17N3/c1-17(12-14-7-3-5-10-16-14)11-8-13-6-2-4-9-15-13/h2-7,9-10H,8,11-12H2,1H3. The molecule has 2 aromatic heterocycles. The van der Waals surface area contributed by atoms with Crippen LogP contribution in [0.25, 0.3) is 0 Å². The van der Waals surface area contributed by atoms with Crippen LogP contribution in [-0.4, -0.2) is 28.5 Å². The summed E-state index contributed by atoms with van der Waals surface area (Å²) in [6, 6.07) is 12.1. The quantitative estimate of drug-likeness (QED) is 0.783. The van der Waals surface area contributed by atoms with Gasteiger partial charge < -0.3 is 4.90 Å². The van der Waals surface area contributed by atoms with Gasteiger partial charge in [-0.15, -0.1) is 0 Å². The minimum atomic E-state index is 0.883. The molecule has 2 rings (SSSR count). The van der Waals surface area contributed by atoms with Crippen molar-refractivity contribution in [3.63, 3.8) is 0 Å². The van der Waals surface area contributed by atoms with Crippen LogP contribution in [-0.2, 0) is 13.0 Å². The first-order valence-corrected chi connectivity index (χ1v) is 5.83. The highest BCUT2D eigenvalue weighted by Crippen LogP contribution is 2.01. The number of hydrogen-bond donors (Lipinski definition) is 0. The molecule has 0 unspecified atom stereocenters. The zero-order chi connectivity index (χ0) is 11.9. The van der Waals surface area contributed by atoms with E-state index in [-0.39, 0.29) is 0 Å². The average molecular weight is 227 g/mol. The maximum absolute atomic E-state index is 4.32. The first-order chi connectivity index (χ1) is 8.34. The molecule has 88 valence electrons. The number of hydrogen-bond acceptors (Lipinski definition) is 3. The van der Waals surface area contributed by atoms with Crippen molar-refractivity contribution in [3.05, 3.63) is 60.2 Å². The Balaban J connectivity index is 1.80. The van der Waals surface area contributed by atoms with Gasteiger partial charge in [-0.25, -0.2) is 0 Å². The third-order valence-electron chi connectivity index (χ3n) is 2.63. The highest BCUT2D eigenvalue weighted by Gasteiger charge is 2.01. The lowest BCUT2D eigenvalue weighted by atomic mass is 10.2. The normalized spacial score (nSPS) is 10.7. The molecule has 0 atom stereocenters. The Morgan fingerprint density at radius 1 is 0.941 bits per heavy atom. The van der Waals surface area contributed by atoms with Gasteiger partial charge in [0.05, 0.1) is 5.69 Å². The van der Waals surface area contributed by atoms with Gasteiger partial charge in [-0.3, -0.25) is 9.97 Å². The van der Waals surface area contributed by atoms with Crippen LogP contribution >= 0.6 is 0 Å². The van der Waals surface area contributed by atoms with E-state index in [2.05, 4.69) is 34.0 Å². The van der Waals surface area contributed by atoms with Gasteiger partial charge in [-0.05, 0) is 31.3 Å². The minimum Gasteiger partial charge on any atom is -0.300 e. The molecule has 2 aromatic rings. The molecule has 0 saturated heterocycles. The lowest BCUT2D eigenvalue weighted by Gasteiger charge is -2.15. The van der Waals surface area contributed by atoms with Crippen LogP contribution in [0.5, 0.6) is 0 Å². The number of rotatable bonds is 5. The summed E-state index contributed by atoms with van der Waals surface area (Å²) in [5.41, 5.74) is 2.25. The highest BCUT2D eigenvalue weighted by molar-refractivity contribution is 5.05. The van der Waals surface area contributed by atoms with E-state index in [4.69, 9.17) is 0 Å². The van der Waals surface area contributed by atoms with Gasteiger partial charge in [-0.1, -0.05) is 12.1 Å². The van der Waals surface area contributed by atoms with Gasteiger partial charge in [0.2, 0.25) is 0 Å². The predicted molar refractivity (Wildman–Crippen MR) is 68.5 cm³/mol. The summed E-state index contributed by atoms with van der Waals surface area (Å²) in [6.45, 7) is 1.88. The fourth-order valence-corrected chi connectivity index (χ4v) is 1.70. The molecule has 2 heterocycles. The van der Waals surface area contributed by atoms with Crippen LogP contribution in [0, 0.1) is 0 Å². The maximum atomic E-state index is 4.32. The molecule has 0 aliphatic rings. The van der Waals surface area contributed by atoms with Crippen LogP contribution in [0.2, 0.25) is 0 Å². The van der Waals surface area contributed by atoms with Gasteiger partial charge in [0.15, 0.2) is 0 Å². The van der Waals surface area contributed by atoms with Crippen molar-refractivity contribution in [1.82, 2.24) is 14.9 Å². The molecular weight excluding hydrogens is 210 g/mol. The summed E-state index contributed by atoms with van der Waals surface area (Å²) in [5.74, 6) is 0. The molecule has 0 aliphatic heterocycles. The SMILES string of the molecule is CN(CCc1ccccn1)Cc1ccccn1. The molecule has 0 fully saturated rings. The fourth-order valence-electron chi connectivity index (χ4n) is 1.70. The van der Waals surface area contributed by atoms with E-state index in [0.29, 0.717) is 0 Å². The Morgan fingerprint density at radius 2 is 1.59 bits per heavy atom. The van der Waals surface area contributed by atoms with Crippen LogP contribution in [0.4, 0.5) is 0 Å². The van der Waals surface area contributed by atoms with Crippen molar-refractivity contribution in [1.29, 1.82) is 0 Å². The Labute approximate surface area is 102 Å². The van der Waals surface area contributed by atoms with Gasteiger partial charge >= 0.3 is 0 Å². The largest absolute Gasteiger partial charge is 0.300 e. The summed E-state index contributed by atoms with van der Waals surface area (Å²) >= 11 is 0. The van der Waals surface area contributed by atoms with Gasteiger partial charge in [-0.2, -0.15) is 0 Å². The van der Waals surface area contributed by atoms with E-state index in [1.807, 2.05) is 36.7 Å². The van der Waals surface area contributed by atoms with Crippen LogP contribution in [0.3, 0.4) is 0 Å². The summed E-state index contributed by atoms with van der Waals surface area (Å²) in [4.78, 5) is 10.9. The number of nitrogens with zero attached hydrogens (tertiary/aromatic N) is 3. The molecule has 0 spiro atoms. The second-order valence-electron chi connectivity index (χ2n) is 4.13. The van der Waals surface area contributed by atoms with Crippen LogP contribution in [0.15, 0.2) is 48.8 Å². The molecule has 0 N–H and O–H groups in total. The van der Waals surface area contributed by atoms with Crippen molar-refractivity contribution >= 4 is 0 Å². The Kier molecular flexibility index (Phi) is 4.22. The van der Waals surface area contributed by atoms with E-state index >= 15 is 0 Å². The van der Waals surface area contributed by atoms with E-state index in [0.717, 1.165) is 30.9 Å². The summed E-state index contributed by atoms with van der Waals surface area (Å²) in [5, 5.41) is 0. The molecule has 0 saturated carbocycles. The molecule has 3 nitrogen and oxygen atoms in total. The zero-order valence-corrected chi connectivity index (χ0v) is 10.1. The van der Waals surface area contributed by atoms with Crippen molar-refractivity contribution in [2.75, 3.05) is 13.6 Å². The lowest BCUT2D eigenvalue weighted by molar-refractivity contribution is 0.326. The predicted octanol–water partition coefficient (Wildman–Crippen LogP) is 2.15. The first kappa shape index (κ1) is 11.7. The number of likely N-dealkylation sites (N-methyl/N-ethyl adjacent to an activating group) is 1. The molecular formula is C14H17N3. The van der Waals surface area contributed by atoms with Crippen molar-refractivity contribution in [2.24, 2.45) is 0 Å². The van der Waals surface area contributed by atoms with Crippen molar-refractivity contribution in [3.8, 4) is 0 Å². The smallest absolute Gasteiger partial charge is 0.0543 e. The van der Waals surface area contributed by atoms with Gasteiger partial charge in [0.1, 0.15) is 0 Å². The number of pyridine rings is 2. The molecule has 0 radical (unpaired) electrons. The first-order valence-electron chi connectivity index (χ1n) is 5.83. The third kappa shape index (κ3) is 3.96. The van der Waals surface area contributed by atoms with Crippen LogP contribution < -0.4 is 0 Å². The summed E-state index contributed by atoms with van der Waals surface area (Å²) in [6.07, 6.45) is 4.65. The Hall–Kier alpha value is -1.74. The Morgan fingerprint density at radius 3 is 2.18 bits per heavy atom. The van der Waals surface area contributed by atoms with E-state index in [9.17, 15) is 0 Å². The summed E-state index contributed by atoms with van der Waals surface area (Å²) < 4.78 is 0. The van der Waals surface area contributed by atoms with E-state index in [1.165, 1.54) is 0 Å². The lowest BCUT2D eigenvalue weighted by Crippen LogP contribution is -2.21. The highest BCUT2D eigenvalue weighted by atomic mass is 15.1.